The molecule has 1 atom stereocenters. The Bertz CT molecular complexity index is 315. The highest BCUT2D eigenvalue weighted by Crippen LogP contribution is 2.30. The highest BCUT2D eigenvalue weighted by Gasteiger charge is 2.12. The molecule has 0 nitrogen and oxygen atoms in total. The van der Waals surface area contributed by atoms with Gasteiger partial charge in [-0.1, -0.05) is 30.4 Å². The van der Waals surface area contributed by atoms with Gasteiger partial charge in [0.2, 0.25) is 0 Å². The van der Waals surface area contributed by atoms with Crippen molar-refractivity contribution in [3.8, 4) is 0 Å². The van der Waals surface area contributed by atoms with Gasteiger partial charge in [0.05, 0.1) is 0 Å². The van der Waals surface area contributed by atoms with Crippen molar-refractivity contribution in [2.45, 2.75) is 25.2 Å². The van der Waals surface area contributed by atoms with Crippen molar-refractivity contribution >= 4 is 22.6 Å². The van der Waals surface area contributed by atoms with Gasteiger partial charge < -0.3 is 0 Å². The van der Waals surface area contributed by atoms with Crippen molar-refractivity contribution in [1.82, 2.24) is 0 Å². The molecule has 2 rings (SSSR count). The maximum Gasteiger partial charge on any atom is 0.0168 e. The van der Waals surface area contributed by atoms with Crippen molar-refractivity contribution in [1.29, 1.82) is 0 Å². The van der Waals surface area contributed by atoms with Gasteiger partial charge in [-0.2, -0.15) is 0 Å². The molecule has 1 unspecified atom stereocenters. The molecule has 0 saturated carbocycles. The zero-order valence-corrected chi connectivity index (χ0v) is 9.70. The first-order chi connectivity index (χ1) is 6.38. The summed E-state index contributed by atoms with van der Waals surface area (Å²) in [5.74, 6) is 0.668. The van der Waals surface area contributed by atoms with Gasteiger partial charge in [-0.25, -0.2) is 0 Å². The first kappa shape index (κ1) is 9.25. The molecule has 0 bridgehead atoms. The van der Waals surface area contributed by atoms with Crippen molar-refractivity contribution in [2.24, 2.45) is 0 Å². The molecule has 1 aromatic carbocycles. The minimum absolute atomic E-state index is 0.668. The lowest BCUT2D eigenvalue weighted by Gasteiger charge is -2.17. The summed E-state index contributed by atoms with van der Waals surface area (Å²) in [4.78, 5) is 0. The molecule has 1 aromatic rings. The minimum Gasteiger partial charge on any atom is -0.0879 e. The smallest absolute Gasteiger partial charge is 0.0168 e. The van der Waals surface area contributed by atoms with E-state index >= 15 is 0 Å². The van der Waals surface area contributed by atoms with Crippen LogP contribution in [-0.2, 0) is 0 Å². The van der Waals surface area contributed by atoms with Gasteiger partial charge in [-0.15, -0.1) is 0 Å². The second kappa shape index (κ2) is 4.27. The molecule has 0 aromatic heterocycles. The highest BCUT2D eigenvalue weighted by molar-refractivity contribution is 14.1. The number of halogens is 1. The summed E-state index contributed by atoms with van der Waals surface area (Å²) in [6, 6.07) is 8.69. The van der Waals surface area contributed by atoms with Gasteiger partial charge in [0.25, 0.3) is 0 Å². The molecule has 0 aliphatic heterocycles. The van der Waals surface area contributed by atoms with E-state index in [0.717, 1.165) is 0 Å². The van der Waals surface area contributed by atoms with E-state index in [2.05, 4.69) is 59.0 Å². The van der Waals surface area contributed by atoms with Crippen LogP contribution >= 0.6 is 22.6 Å². The molecule has 0 saturated heterocycles. The van der Waals surface area contributed by atoms with Crippen LogP contribution in [0.15, 0.2) is 36.4 Å². The van der Waals surface area contributed by atoms with Gasteiger partial charge in [0.15, 0.2) is 0 Å². The third-order valence-corrected chi connectivity index (χ3v) is 3.54. The first-order valence-electron chi connectivity index (χ1n) is 4.79. The molecule has 0 N–H and O–H groups in total. The molecule has 0 radical (unpaired) electrons. The summed E-state index contributed by atoms with van der Waals surface area (Å²) < 4.78 is 1.40. The molecule has 0 heterocycles. The van der Waals surface area contributed by atoms with Gasteiger partial charge in [-0.3, -0.25) is 0 Å². The number of rotatable bonds is 1. The van der Waals surface area contributed by atoms with E-state index < -0.39 is 0 Å². The number of benzene rings is 1. The molecular formula is C12H13I. The molecule has 1 heteroatoms. The lowest BCUT2D eigenvalue weighted by Crippen LogP contribution is -2.00. The maximum atomic E-state index is 2.43. The second-order valence-corrected chi connectivity index (χ2v) is 4.65. The molecule has 0 fully saturated rings. The zero-order chi connectivity index (χ0) is 9.10. The van der Waals surface area contributed by atoms with Crippen molar-refractivity contribution < 1.29 is 0 Å². The second-order valence-electron chi connectivity index (χ2n) is 3.49. The molecule has 1 aliphatic carbocycles. The summed E-state index contributed by atoms with van der Waals surface area (Å²) >= 11 is 2.43. The fourth-order valence-electron chi connectivity index (χ4n) is 1.85. The molecule has 0 amide bonds. The molecule has 13 heavy (non-hydrogen) atoms. The SMILES string of the molecule is Ic1ccccc1C1C=CCCC1. The fraction of sp³-hybridized carbons (Fsp3) is 0.333. The van der Waals surface area contributed by atoms with Crippen molar-refractivity contribution in [3.05, 3.63) is 45.6 Å². The van der Waals surface area contributed by atoms with E-state index in [4.69, 9.17) is 0 Å². The van der Waals surface area contributed by atoms with Crippen molar-refractivity contribution in [2.75, 3.05) is 0 Å². The number of hydrogen-bond donors (Lipinski definition) is 0. The lowest BCUT2D eigenvalue weighted by molar-refractivity contribution is 0.652. The van der Waals surface area contributed by atoms with E-state index in [9.17, 15) is 0 Å². The Morgan fingerprint density at radius 3 is 2.77 bits per heavy atom. The van der Waals surface area contributed by atoms with Crippen LogP contribution in [0.5, 0.6) is 0 Å². The van der Waals surface area contributed by atoms with Crippen LogP contribution in [0.1, 0.15) is 30.7 Å². The Hall–Kier alpha value is -0.310. The first-order valence-corrected chi connectivity index (χ1v) is 5.87. The van der Waals surface area contributed by atoms with E-state index in [-0.39, 0.29) is 0 Å². The van der Waals surface area contributed by atoms with Crippen LogP contribution in [0.2, 0.25) is 0 Å². The molecule has 0 spiro atoms. The third kappa shape index (κ3) is 2.13. The monoisotopic (exact) mass is 284 g/mol. The average Bonchev–Trinajstić information content (AvgIpc) is 2.20. The Morgan fingerprint density at radius 1 is 1.23 bits per heavy atom. The van der Waals surface area contributed by atoms with E-state index in [1.165, 1.54) is 28.4 Å². The predicted octanol–water partition coefficient (Wildman–Crippen LogP) is 4.11. The van der Waals surface area contributed by atoms with Crippen LogP contribution in [-0.4, -0.2) is 0 Å². The largest absolute Gasteiger partial charge is 0.0879 e. The normalized spacial score (nSPS) is 21.8. The molecular weight excluding hydrogens is 271 g/mol. The van der Waals surface area contributed by atoms with E-state index in [1.54, 1.807) is 0 Å². The van der Waals surface area contributed by atoms with Gasteiger partial charge in [0, 0.05) is 9.49 Å². The topological polar surface area (TPSA) is 0 Å². The standard InChI is InChI=1S/C12H13I/c13-12-9-5-4-8-11(12)10-6-2-1-3-7-10/h2,4-6,8-10H,1,3,7H2. The Kier molecular flexibility index (Phi) is 3.04. The zero-order valence-electron chi connectivity index (χ0n) is 7.54. The van der Waals surface area contributed by atoms with Gasteiger partial charge in [-0.05, 0) is 53.5 Å². The maximum absolute atomic E-state index is 2.43. The summed E-state index contributed by atoms with van der Waals surface area (Å²) in [6.45, 7) is 0. The summed E-state index contributed by atoms with van der Waals surface area (Å²) in [5, 5.41) is 0. The molecule has 1 aliphatic rings. The quantitative estimate of drug-likeness (QED) is 0.537. The van der Waals surface area contributed by atoms with E-state index in [0.29, 0.717) is 5.92 Å². The minimum atomic E-state index is 0.668. The number of allylic oxidation sites excluding steroid dienone is 2. The average molecular weight is 284 g/mol. The van der Waals surface area contributed by atoms with Crippen LogP contribution < -0.4 is 0 Å². The van der Waals surface area contributed by atoms with Crippen molar-refractivity contribution in [3.63, 3.8) is 0 Å². The Balaban J connectivity index is 2.29. The lowest BCUT2D eigenvalue weighted by atomic mass is 9.89. The van der Waals surface area contributed by atoms with Crippen LogP contribution in [0, 0.1) is 3.57 Å². The third-order valence-electron chi connectivity index (χ3n) is 2.56. The van der Waals surface area contributed by atoms with Gasteiger partial charge in [0.1, 0.15) is 0 Å². The van der Waals surface area contributed by atoms with Crippen LogP contribution in [0.4, 0.5) is 0 Å². The molecule has 68 valence electrons. The predicted molar refractivity (Wildman–Crippen MR) is 64.9 cm³/mol. The van der Waals surface area contributed by atoms with Crippen LogP contribution in [0.25, 0.3) is 0 Å². The highest BCUT2D eigenvalue weighted by atomic mass is 127. The summed E-state index contributed by atoms with van der Waals surface area (Å²) in [7, 11) is 0. The van der Waals surface area contributed by atoms with Crippen LogP contribution in [0.3, 0.4) is 0 Å². The summed E-state index contributed by atoms with van der Waals surface area (Å²) in [5.41, 5.74) is 1.50. The van der Waals surface area contributed by atoms with Gasteiger partial charge >= 0.3 is 0 Å². The fourth-order valence-corrected chi connectivity index (χ4v) is 2.63. The Labute approximate surface area is 93.2 Å². The van der Waals surface area contributed by atoms with E-state index in [1.807, 2.05) is 0 Å². The number of hydrogen-bond acceptors (Lipinski definition) is 0. The summed E-state index contributed by atoms with van der Waals surface area (Å²) in [6.07, 6.45) is 8.60. The Morgan fingerprint density at radius 2 is 2.08 bits per heavy atom.